The lowest BCUT2D eigenvalue weighted by molar-refractivity contribution is 0.0450. The van der Waals surface area contributed by atoms with Gasteiger partial charge in [0.25, 0.3) is 0 Å². The van der Waals surface area contributed by atoms with Gasteiger partial charge >= 0.3 is 0 Å². The molecule has 0 amide bonds. The van der Waals surface area contributed by atoms with Crippen molar-refractivity contribution in [3.05, 3.63) is 0 Å². The second-order valence-electron chi connectivity index (χ2n) is 2.59. The van der Waals surface area contributed by atoms with Crippen LogP contribution >= 0.6 is 0 Å². The molecule has 1 unspecified atom stereocenters. The van der Waals surface area contributed by atoms with Crippen LogP contribution in [0.15, 0.2) is 0 Å². The van der Waals surface area contributed by atoms with Gasteiger partial charge in [-0.15, -0.1) is 0 Å². The summed E-state index contributed by atoms with van der Waals surface area (Å²) in [5, 5.41) is 16.3. The summed E-state index contributed by atoms with van der Waals surface area (Å²) in [6, 6.07) is 0. The summed E-state index contributed by atoms with van der Waals surface area (Å²) in [6.45, 7) is 7.03. The van der Waals surface area contributed by atoms with Crippen LogP contribution in [0.4, 0.5) is 0 Å². The number of aliphatic hydroxyl groups is 2. The zero-order valence-electron chi connectivity index (χ0n) is 8.42. The first kappa shape index (κ1) is 14.4. The van der Waals surface area contributed by atoms with E-state index in [0.29, 0.717) is 6.61 Å². The van der Waals surface area contributed by atoms with Gasteiger partial charge in [0.2, 0.25) is 0 Å². The molecule has 0 aromatic heterocycles. The van der Waals surface area contributed by atoms with Crippen molar-refractivity contribution in [1.29, 1.82) is 0 Å². The van der Waals surface area contributed by atoms with Crippen LogP contribution in [0.5, 0.6) is 0 Å². The lowest BCUT2D eigenvalue weighted by Crippen LogP contribution is -2.10. The van der Waals surface area contributed by atoms with E-state index in [1.807, 2.05) is 0 Å². The van der Waals surface area contributed by atoms with Gasteiger partial charge < -0.3 is 14.9 Å². The monoisotopic (exact) mass is 178 g/mol. The van der Waals surface area contributed by atoms with Crippen molar-refractivity contribution in [3.8, 4) is 0 Å². The maximum Gasteiger partial charge on any atom is 0.0745 e. The first-order valence-electron chi connectivity index (χ1n) is 4.55. The predicted molar refractivity (Wildman–Crippen MR) is 50.2 cm³/mol. The first-order valence-corrected chi connectivity index (χ1v) is 4.55. The fraction of sp³-hybridized carbons (Fsp3) is 1.00. The van der Waals surface area contributed by atoms with Crippen molar-refractivity contribution >= 4 is 0 Å². The molecule has 0 aliphatic heterocycles. The van der Waals surface area contributed by atoms with Crippen LogP contribution in [0.25, 0.3) is 0 Å². The summed E-state index contributed by atoms with van der Waals surface area (Å²) in [5.41, 5.74) is 0. The number of rotatable bonds is 5. The third-order valence-electron chi connectivity index (χ3n) is 1.00. The second-order valence-corrected chi connectivity index (χ2v) is 2.59. The van der Waals surface area contributed by atoms with Crippen LogP contribution in [-0.4, -0.2) is 36.1 Å². The lowest BCUT2D eigenvalue weighted by Gasteiger charge is -2.03. The molecule has 1 atom stereocenters. The van der Waals surface area contributed by atoms with Gasteiger partial charge in [-0.2, -0.15) is 0 Å². The SMILES string of the molecule is CCCCOCC(C)O.CCO. The van der Waals surface area contributed by atoms with Gasteiger partial charge in [-0.05, 0) is 20.3 Å². The molecule has 0 aromatic rings. The molecular weight excluding hydrogens is 156 g/mol. The summed E-state index contributed by atoms with van der Waals surface area (Å²) < 4.78 is 5.09. The quantitative estimate of drug-likeness (QED) is 0.622. The summed E-state index contributed by atoms with van der Waals surface area (Å²) >= 11 is 0. The zero-order chi connectivity index (χ0) is 9.82. The van der Waals surface area contributed by atoms with E-state index in [4.69, 9.17) is 14.9 Å². The van der Waals surface area contributed by atoms with E-state index in [2.05, 4.69) is 6.92 Å². The standard InChI is InChI=1S/C7H16O2.C2H6O/c1-3-4-5-9-6-7(2)8;1-2-3/h7-8H,3-6H2,1-2H3;3H,2H2,1H3. The molecule has 0 rings (SSSR count). The Morgan fingerprint density at radius 2 is 1.83 bits per heavy atom. The molecule has 0 saturated carbocycles. The van der Waals surface area contributed by atoms with Crippen LogP contribution in [0.1, 0.15) is 33.6 Å². The molecule has 0 aromatic carbocycles. The minimum atomic E-state index is -0.318. The topological polar surface area (TPSA) is 49.7 Å². The van der Waals surface area contributed by atoms with Gasteiger partial charge in [0.05, 0.1) is 12.7 Å². The summed E-state index contributed by atoms with van der Waals surface area (Å²) in [7, 11) is 0. The zero-order valence-corrected chi connectivity index (χ0v) is 8.42. The lowest BCUT2D eigenvalue weighted by atomic mass is 10.4. The smallest absolute Gasteiger partial charge is 0.0745 e. The van der Waals surface area contributed by atoms with Crippen LogP contribution in [-0.2, 0) is 4.74 Å². The Hall–Kier alpha value is -0.120. The number of hydrogen-bond donors (Lipinski definition) is 2. The van der Waals surface area contributed by atoms with Crippen molar-refractivity contribution in [1.82, 2.24) is 0 Å². The fourth-order valence-electron chi connectivity index (χ4n) is 0.500. The van der Waals surface area contributed by atoms with Crippen LogP contribution in [0.3, 0.4) is 0 Å². The summed E-state index contributed by atoms with van der Waals surface area (Å²) in [5.74, 6) is 0. The van der Waals surface area contributed by atoms with E-state index < -0.39 is 0 Å². The Morgan fingerprint density at radius 1 is 1.33 bits per heavy atom. The first-order chi connectivity index (χ1) is 5.68. The highest BCUT2D eigenvalue weighted by atomic mass is 16.5. The van der Waals surface area contributed by atoms with E-state index in [0.717, 1.165) is 19.4 Å². The molecule has 0 saturated heterocycles. The molecule has 76 valence electrons. The van der Waals surface area contributed by atoms with E-state index in [-0.39, 0.29) is 12.7 Å². The van der Waals surface area contributed by atoms with Crippen molar-refractivity contribution in [3.63, 3.8) is 0 Å². The fourth-order valence-corrected chi connectivity index (χ4v) is 0.500. The Bertz CT molecular complexity index is 64.8. The minimum absolute atomic E-state index is 0.250. The highest BCUT2D eigenvalue weighted by Crippen LogP contribution is 1.89. The van der Waals surface area contributed by atoms with Crippen LogP contribution in [0, 0.1) is 0 Å². The van der Waals surface area contributed by atoms with Gasteiger partial charge in [-0.1, -0.05) is 13.3 Å². The molecule has 3 heteroatoms. The van der Waals surface area contributed by atoms with Gasteiger partial charge in [-0.3, -0.25) is 0 Å². The Labute approximate surface area is 75.4 Å². The Kier molecular flexibility index (Phi) is 16.2. The molecule has 0 heterocycles. The highest BCUT2D eigenvalue weighted by Gasteiger charge is 1.92. The van der Waals surface area contributed by atoms with Gasteiger partial charge in [0.15, 0.2) is 0 Å². The molecule has 3 nitrogen and oxygen atoms in total. The molecule has 0 aliphatic rings. The molecule has 0 spiro atoms. The van der Waals surface area contributed by atoms with E-state index in [9.17, 15) is 0 Å². The van der Waals surface area contributed by atoms with Gasteiger partial charge in [-0.25, -0.2) is 0 Å². The van der Waals surface area contributed by atoms with Crippen molar-refractivity contribution in [2.24, 2.45) is 0 Å². The predicted octanol–water partition coefficient (Wildman–Crippen LogP) is 1.18. The average molecular weight is 178 g/mol. The summed E-state index contributed by atoms with van der Waals surface area (Å²) in [4.78, 5) is 0. The third-order valence-corrected chi connectivity index (χ3v) is 1.00. The molecule has 0 bridgehead atoms. The third kappa shape index (κ3) is 22.5. The molecule has 0 aliphatic carbocycles. The average Bonchev–Trinajstić information content (AvgIpc) is 1.99. The number of hydrogen-bond acceptors (Lipinski definition) is 3. The van der Waals surface area contributed by atoms with Crippen molar-refractivity contribution in [2.45, 2.75) is 39.7 Å². The minimum Gasteiger partial charge on any atom is -0.397 e. The molecular formula is C9H22O3. The molecule has 0 fully saturated rings. The van der Waals surface area contributed by atoms with Crippen LogP contribution in [0.2, 0.25) is 0 Å². The largest absolute Gasteiger partial charge is 0.397 e. The second kappa shape index (κ2) is 13.5. The van der Waals surface area contributed by atoms with Gasteiger partial charge in [0, 0.05) is 13.2 Å². The van der Waals surface area contributed by atoms with Gasteiger partial charge in [0.1, 0.15) is 0 Å². The van der Waals surface area contributed by atoms with Crippen molar-refractivity contribution < 1.29 is 14.9 Å². The van der Waals surface area contributed by atoms with Crippen LogP contribution < -0.4 is 0 Å². The molecule has 12 heavy (non-hydrogen) atoms. The maximum atomic E-state index is 8.73. The molecule has 0 radical (unpaired) electrons. The van der Waals surface area contributed by atoms with E-state index in [1.165, 1.54) is 0 Å². The summed E-state index contributed by atoms with van der Waals surface area (Å²) in [6.07, 6.45) is 1.92. The van der Waals surface area contributed by atoms with Crippen molar-refractivity contribution in [2.75, 3.05) is 19.8 Å². The molecule has 2 N–H and O–H groups in total. The number of aliphatic hydroxyl groups excluding tert-OH is 2. The normalized spacial score (nSPS) is 11.8. The highest BCUT2D eigenvalue weighted by molar-refractivity contribution is 4.40. The Balaban J connectivity index is 0. The maximum absolute atomic E-state index is 8.73. The Morgan fingerprint density at radius 3 is 2.17 bits per heavy atom. The van der Waals surface area contributed by atoms with E-state index in [1.54, 1.807) is 13.8 Å². The number of ether oxygens (including phenoxy) is 1. The van der Waals surface area contributed by atoms with E-state index >= 15 is 0 Å². The number of unbranched alkanes of at least 4 members (excludes halogenated alkanes) is 1.